The van der Waals surface area contributed by atoms with Gasteiger partial charge in [-0.25, -0.2) is 22.5 Å². The van der Waals surface area contributed by atoms with Gasteiger partial charge < -0.3 is 19.6 Å². The summed E-state index contributed by atoms with van der Waals surface area (Å²) in [5.41, 5.74) is -0.233. The zero-order valence-electron chi connectivity index (χ0n) is 23.2. The van der Waals surface area contributed by atoms with Crippen molar-refractivity contribution in [3.05, 3.63) is 71.4 Å². The second-order valence-corrected chi connectivity index (χ2v) is 8.77. The summed E-state index contributed by atoms with van der Waals surface area (Å²) in [5, 5.41) is 13.4. The van der Waals surface area contributed by atoms with Crippen molar-refractivity contribution in [2.75, 3.05) is 26.1 Å². The highest BCUT2D eigenvalue weighted by molar-refractivity contribution is 5.94. The van der Waals surface area contributed by atoms with Crippen LogP contribution in [0.5, 0.6) is 5.75 Å². The molecule has 0 saturated heterocycles. The molecule has 41 heavy (non-hydrogen) atoms. The van der Waals surface area contributed by atoms with Crippen LogP contribution < -0.4 is 9.64 Å². The molecule has 218 valence electrons. The third-order valence-electron chi connectivity index (χ3n) is 6.21. The number of halogens is 4. The topological polar surface area (TPSA) is 100 Å². The van der Waals surface area contributed by atoms with Gasteiger partial charge in [-0.1, -0.05) is 19.9 Å². The number of carbonyl (C=O) groups excluding carboxylic acids is 1. The number of hydrogen-bond donors (Lipinski definition) is 1. The van der Waals surface area contributed by atoms with Crippen molar-refractivity contribution < 1.29 is 37.0 Å². The molecule has 0 aliphatic carbocycles. The Morgan fingerprint density at radius 2 is 1.66 bits per heavy atom. The van der Waals surface area contributed by atoms with Gasteiger partial charge in [0.05, 0.1) is 19.2 Å². The number of nitrogens with zero attached hydrogens (tertiary/aromatic N) is 5. The van der Waals surface area contributed by atoms with Crippen LogP contribution in [0.25, 0.3) is 16.9 Å². The number of carboxylic acid groups (broad SMARTS) is 1. The number of aliphatic carboxylic acids is 1. The molecule has 0 fully saturated rings. The van der Waals surface area contributed by atoms with Crippen molar-refractivity contribution in [1.29, 1.82) is 0 Å². The molecule has 2 aromatic carbocycles. The van der Waals surface area contributed by atoms with E-state index in [0.29, 0.717) is 0 Å². The van der Waals surface area contributed by atoms with Crippen LogP contribution in [0.15, 0.2) is 42.5 Å². The lowest BCUT2D eigenvalue weighted by Gasteiger charge is -2.23. The number of carbonyl (C=O) groups is 2. The number of rotatable bonds is 8. The molecular formula is C28H29F4N5O4. The number of fused-ring (bicyclic) bond motifs is 1. The number of aromatic nitrogens is 3. The van der Waals surface area contributed by atoms with Gasteiger partial charge >= 0.3 is 5.97 Å². The average Bonchev–Trinajstić information content (AvgIpc) is 3.38. The Morgan fingerprint density at radius 3 is 2.24 bits per heavy atom. The first-order valence-corrected chi connectivity index (χ1v) is 12.5. The fourth-order valence-electron chi connectivity index (χ4n) is 4.02. The fourth-order valence-corrected chi connectivity index (χ4v) is 4.02. The van der Waals surface area contributed by atoms with Crippen LogP contribution in [0.1, 0.15) is 37.7 Å². The van der Waals surface area contributed by atoms with E-state index < -0.39 is 41.2 Å². The molecule has 0 spiro atoms. The van der Waals surface area contributed by atoms with E-state index in [1.807, 2.05) is 13.8 Å². The summed E-state index contributed by atoms with van der Waals surface area (Å²) in [4.78, 5) is 31.1. The minimum absolute atomic E-state index is 0.00880. The first-order valence-electron chi connectivity index (χ1n) is 12.5. The second kappa shape index (κ2) is 12.7. The maximum Gasteiger partial charge on any atom is 0.305 e. The predicted octanol–water partition coefficient (Wildman–Crippen LogP) is 5.69. The standard InChI is InChI=1S/C26H23F4N5O4.C2H6/c1-13(8-23(36)37)33(2)26(38)19-11-21-31-18(14-9-16(28)24(30)17(29)10-14)12-22(35(21)32-19)34(3)25-15(27)6-5-7-20(25)39-4;1-2/h5-7,9-13H,8H2,1-4H3,(H,36,37);1-2H3. The molecule has 4 rings (SSSR count). The number of para-hydroxylation sites is 1. The van der Waals surface area contributed by atoms with E-state index in [9.17, 15) is 27.2 Å². The van der Waals surface area contributed by atoms with E-state index in [-0.39, 0.29) is 46.3 Å². The summed E-state index contributed by atoms with van der Waals surface area (Å²) < 4.78 is 63.2. The van der Waals surface area contributed by atoms with Gasteiger partial charge in [-0.3, -0.25) is 9.59 Å². The summed E-state index contributed by atoms with van der Waals surface area (Å²) in [6.07, 6.45) is -0.305. The molecule has 4 aromatic rings. The van der Waals surface area contributed by atoms with Gasteiger partial charge in [0.25, 0.3) is 5.91 Å². The van der Waals surface area contributed by atoms with Crippen LogP contribution in [0.3, 0.4) is 0 Å². The molecule has 2 heterocycles. The van der Waals surface area contributed by atoms with Crippen molar-refractivity contribution in [3.8, 4) is 17.0 Å². The van der Waals surface area contributed by atoms with Crippen molar-refractivity contribution in [1.82, 2.24) is 19.5 Å². The van der Waals surface area contributed by atoms with Gasteiger partial charge in [0.1, 0.15) is 17.3 Å². The maximum atomic E-state index is 15.0. The molecule has 1 atom stereocenters. The molecule has 1 amide bonds. The molecule has 1 unspecified atom stereocenters. The number of ether oxygens (including phenoxy) is 1. The van der Waals surface area contributed by atoms with Gasteiger partial charge in [-0.2, -0.15) is 9.61 Å². The van der Waals surface area contributed by atoms with E-state index in [0.717, 1.165) is 12.1 Å². The Morgan fingerprint density at radius 1 is 1.02 bits per heavy atom. The highest BCUT2D eigenvalue weighted by Crippen LogP contribution is 2.36. The molecule has 1 N–H and O–H groups in total. The van der Waals surface area contributed by atoms with Gasteiger partial charge in [0.2, 0.25) is 0 Å². The van der Waals surface area contributed by atoms with E-state index >= 15 is 0 Å². The third-order valence-corrected chi connectivity index (χ3v) is 6.21. The molecule has 9 nitrogen and oxygen atoms in total. The fraction of sp³-hybridized carbons (Fsp3) is 0.286. The zero-order valence-corrected chi connectivity index (χ0v) is 23.2. The largest absolute Gasteiger partial charge is 0.494 e. The summed E-state index contributed by atoms with van der Waals surface area (Å²) in [6, 6.07) is 7.65. The normalized spacial score (nSPS) is 11.5. The van der Waals surface area contributed by atoms with E-state index in [4.69, 9.17) is 9.84 Å². The highest BCUT2D eigenvalue weighted by Gasteiger charge is 2.25. The summed E-state index contributed by atoms with van der Waals surface area (Å²) in [6.45, 7) is 5.56. The van der Waals surface area contributed by atoms with Gasteiger partial charge in [0.15, 0.2) is 34.6 Å². The van der Waals surface area contributed by atoms with Crippen LogP contribution >= 0.6 is 0 Å². The maximum absolute atomic E-state index is 15.0. The average molecular weight is 576 g/mol. The zero-order chi connectivity index (χ0) is 30.6. The predicted molar refractivity (Wildman–Crippen MR) is 144 cm³/mol. The molecule has 0 bridgehead atoms. The summed E-state index contributed by atoms with van der Waals surface area (Å²) in [5.74, 6) is -6.61. The van der Waals surface area contributed by atoms with E-state index in [1.54, 1.807) is 6.92 Å². The van der Waals surface area contributed by atoms with Crippen molar-refractivity contribution in [2.24, 2.45) is 0 Å². The van der Waals surface area contributed by atoms with Gasteiger partial charge in [-0.05, 0) is 31.2 Å². The molecule has 0 saturated carbocycles. The Hall–Kier alpha value is -4.68. The molecular weight excluding hydrogens is 546 g/mol. The lowest BCUT2D eigenvalue weighted by atomic mass is 10.1. The monoisotopic (exact) mass is 575 g/mol. The Labute approximate surface area is 233 Å². The van der Waals surface area contributed by atoms with Crippen LogP contribution in [0, 0.1) is 23.3 Å². The van der Waals surface area contributed by atoms with Crippen molar-refractivity contribution in [2.45, 2.75) is 33.2 Å². The first kappa shape index (κ1) is 30.9. The Balaban J connectivity index is 0.00000226. The van der Waals surface area contributed by atoms with Crippen LogP contribution in [0.2, 0.25) is 0 Å². The summed E-state index contributed by atoms with van der Waals surface area (Å²) >= 11 is 0. The number of benzene rings is 2. The Kier molecular flexibility index (Phi) is 9.53. The quantitative estimate of drug-likeness (QED) is 0.213. The molecule has 0 aliphatic rings. The molecule has 13 heteroatoms. The lowest BCUT2D eigenvalue weighted by Crippen LogP contribution is -2.36. The van der Waals surface area contributed by atoms with Crippen LogP contribution in [-0.2, 0) is 4.79 Å². The minimum Gasteiger partial charge on any atom is -0.494 e. The number of hydrogen-bond acceptors (Lipinski definition) is 6. The lowest BCUT2D eigenvalue weighted by molar-refractivity contribution is -0.137. The summed E-state index contributed by atoms with van der Waals surface area (Å²) in [7, 11) is 4.25. The van der Waals surface area contributed by atoms with Crippen LogP contribution in [0.4, 0.5) is 29.1 Å². The van der Waals surface area contributed by atoms with E-state index in [2.05, 4.69) is 10.1 Å². The van der Waals surface area contributed by atoms with Crippen molar-refractivity contribution >= 4 is 29.0 Å². The second-order valence-electron chi connectivity index (χ2n) is 8.77. The number of anilines is 2. The number of methoxy groups -OCH3 is 1. The minimum atomic E-state index is -1.65. The number of carboxylic acids is 1. The Bertz CT molecular complexity index is 1570. The number of amides is 1. The molecule has 0 aliphatic heterocycles. The van der Waals surface area contributed by atoms with Crippen LogP contribution in [-0.4, -0.2) is 63.7 Å². The van der Waals surface area contributed by atoms with E-state index in [1.165, 1.54) is 65.9 Å². The molecule has 2 aromatic heterocycles. The molecule has 0 radical (unpaired) electrons. The van der Waals surface area contributed by atoms with Gasteiger partial charge in [-0.15, -0.1) is 0 Å². The smallest absolute Gasteiger partial charge is 0.305 e. The SMILES string of the molecule is CC.COc1cccc(F)c1N(C)c1cc(-c2cc(F)c(F)c(F)c2)nc2cc(C(=O)N(C)C(C)CC(=O)O)nn12. The van der Waals surface area contributed by atoms with Gasteiger partial charge in [0, 0.05) is 37.8 Å². The highest BCUT2D eigenvalue weighted by atomic mass is 19.2. The van der Waals surface area contributed by atoms with Crippen molar-refractivity contribution in [3.63, 3.8) is 0 Å². The first-order chi connectivity index (χ1) is 19.4. The third kappa shape index (κ3) is 6.23.